The second-order valence-corrected chi connectivity index (χ2v) is 9.38. The highest BCUT2D eigenvalue weighted by Gasteiger charge is 2.55. The minimum atomic E-state index is -0.409. The fraction of sp³-hybridized carbons (Fsp3) is 0.462. The second-order valence-electron chi connectivity index (χ2n) is 9.38. The van der Waals surface area contributed by atoms with Crippen molar-refractivity contribution in [2.24, 2.45) is 17.8 Å². The van der Waals surface area contributed by atoms with Crippen molar-refractivity contribution in [1.82, 2.24) is 14.8 Å². The van der Waals surface area contributed by atoms with E-state index < -0.39 is 6.04 Å². The molecule has 2 aliphatic heterocycles. The molecule has 0 unspecified atom stereocenters. The maximum absolute atomic E-state index is 13.4. The molecular formula is C26H31N3O3. The molecule has 1 aromatic heterocycles. The van der Waals surface area contributed by atoms with Crippen LogP contribution in [0.15, 0.2) is 53.3 Å². The van der Waals surface area contributed by atoms with Crippen molar-refractivity contribution >= 4 is 12.0 Å². The molecule has 32 heavy (non-hydrogen) atoms. The number of hydrogen-bond donors (Lipinski definition) is 2. The van der Waals surface area contributed by atoms with Crippen LogP contribution in [0.3, 0.4) is 0 Å². The van der Waals surface area contributed by atoms with Gasteiger partial charge in [-0.3, -0.25) is 14.5 Å². The van der Waals surface area contributed by atoms with Crippen molar-refractivity contribution in [2.45, 2.75) is 44.9 Å². The number of aromatic nitrogens is 1. The van der Waals surface area contributed by atoms with E-state index in [4.69, 9.17) is 0 Å². The molecule has 3 heterocycles. The molecule has 2 N–H and O–H groups in total. The molecule has 1 saturated carbocycles. The molecule has 1 aliphatic carbocycles. The number of rotatable bonds is 7. The van der Waals surface area contributed by atoms with Gasteiger partial charge in [-0.05, 0) is 43.4 Å². The van der Waals surface area contributed by atoms with Crippen molar-refractivity contribution in [2.75, 3.05) is 13.2 Å². The van der Waals surface area contributed by atoms with Gasteiger partial charge < -0.3 is 15.0 Å². The van der Waals surface area contributed by atoms with Gasteiger partial charge in [0.25, 0.3) is 5.56 Å². The van der Waals surface area contributed by atoms with Crippen LogP contribution >= 0.6 is 0 Å². The van der Waals surface area contributed by atoms with Crippen LogP contribution in [-0.2, 0) is 17.9 Å². The van der Waals surface area contributed by atoms with Crippen molar-refractivity contribution in [1.29, 1.82) is 0 Å². The third-order valence-electron chi connectivity index (χ3n) is 7.31. The van der Waals surface area contributed by atoms with Crippen molar-refractivity contribution in [3.05, 3.63) is 75.7 Å². The fourth-order valence-electron chi connectivity index (χ4n) is 5.57. The number of aliphatic hydroxyl groups is 1. The number of carbonyl (C=O) groups is 1. The van der Waals surface area contributed by atoms with Crippen LogP contribution in [0.4, 0.5) is 0 Å². The van der Waals surface area contributed by atoms with E-state index in [-0.39, 0.29) is 36.0 Å². The molecule has 2 aromatic rings. The first-order valence-electron chi connectivity index (χ1n) is 11.7. The van der Waals surface area contributed by atoms with Gasteiger partial charge in [0, 0.05) is 49.3 Å². The highest BCUT2D eigenvalue weighted by Crippen LogP contribution is 2.49. The molecule has 0 bridgehead atoms. The van der Waals surface area contributed by atoms with Crippen LogP contribution in [0.2, 0.25) is 0 Å². The number of likely N-dealkylation sites (tertiary alicyclic amines) is 1. The number of amides is 1. The summed E-state index contributed by atoms with van der Waals surface area (Å²) in [6, 6.07) is 13.6. The SMILES string of the molecule is C/C=C\c1ccc2n(c1=O)C[C@H]1[C@H](CO)[C@@H](C(=O)NCC3CC3)N(Cc3ccccc3)[C@@H]21. The normalized spacial score (nSPS) is 26.9. The summed E-state index contributed by atoms with van der Waals surface area (Å²) in [5.74, 6) is 0.404. The van der Waals surface area contributed by atoms with E-state index in [0.717, 1.165) is 11.3 Å². The molecule has 168 valence electrons. The number of fused-ring (bicyclic) bond motifs is 3. The average molecular weight is 434 g/mol. The van der Waals surface area contributed by atoms with Crippen molar-refractivity contribution < 1.29 is 9.90 Å². The minimum Gasteiger partial charge on any atom is -0.396 e. The summed E-state index contributed by atoms with van der Waals surface area (Å²) in [6.45, 7) is 3.68. The predicted molar refractivity (Wildman–Crippen MR) is 124 cm³/mol. The molecule has 6 heteroatoms. The summed E-state index contributed by atoms with van der Waals surface area (Å²) in [7, 11) is 0. The molecule has 4 atom stereocenters. The Kier molecular flexibility index (Phi) is 5.74. The zero-order valence-corrected chi connectivity index (χ0v) is 18.5. The van der Waals surface area contributed by atoms with Gasteiger partial charge in [-0.1, -0.05) is 42.5 Å². The number of nitrogens with one attached hydrogen (secondary N) is 1. The third kappa shape index (κ3) is 3.71. The van der Waals surface area contributed by atoms with E-state index >= 15 is 0 Å². The number of benzene rings is 1. The fourth-order valence-corrected chi connectivity index (χ4v) is 5.57. The van der Waals surface area contributed by atoms with E-state index in [1.54, 1.807) is 0 Å². The highest BCUT2D eigenvalue weighted by molar-refractivity contribution is 5.83. The van der Waals surface area contributed by atoms with E-state index in [1.807, 2.05) is 54.0 Å². The standard InChI is InChI=1S/C26H31N3O3/c1-2-6-19-11-12-22-23-20(15-28(22)26(19)32)21(16-30)24(25(31)27-13-17-9-10-17)29(23)14-18-7-4-3-5-8-18/h2-8,11-12,17,20-21,23-24,30H,9-10,13-16H2,1H3,(H,27,31)/b6-2-/t20-,21-,23+,24-/m0/s1. The van der Waals surface area contributed by atoms with Crippen LogP contribution in [0.1, 0.15) is 42.6 Å². The summed E-state index contributed by atoms with van der Waals surface area (Å²) in [5, 5.41) is 13.5. The van der Waals surface area contributed by atoms with E-state index in [2.05, 4.69) is 22.3 Å². The van der Waals surface area contributed by atoms with Crippen molar-refractivity contribution in [3.8, 4) is 0 Å². The summed E-state index contributed by atoms with van der Waals surface area (Å²) < 4.78 is 1.85. The zero-order valence-electron chi connectivity index (χ0n) is 18.5. The lowest BCUT2D eigenvalue weighted by atomic mass is 9.88. The van der Waals surface area contributed by atoms with Gasteiger partial charge >= 0.3 is 0 Å². The number of hydrogen-bond acceptors (Lipinski definition) is 4. The average Bonchev–Trinajstić information content (AvgIpc) is 3.48. The lowest BCUT2D eigenvalue weighted by molar-refractivity contribution is -0.128. The first kappa shape index (κ1) is 21.2. The number of allylic oxidation sites excluding steroid dienone is 1. The Hall–Kier alpha value is -2.70. The largest absolute Gasteiger partial charge is 0.396 e. The number of pyridine rings is 1. The van der Waals surface area contributed by atoms with Gasteiger partial charge in [0.05, 0.1) is 12.1 Å². The van der Waals surface area contributed by atoms with Gasteiger partial charge in [-0.25, -0.2) is 0 Å². The monoisotopic (exact) mass is 433 g/mol. The first-order chi connectivity index (χ1) is 15.6. The molecular weight excluding hydrogens is 402 g/mol. The Bertz CT molecular complexity index is 1070. The molecule has 2 fully saturated rings. The summed E-state index contributed by atoms with van der Waals surface area (Å²) in [5.41, 5.74) is 2.74. The Balaban J connectivity index is 1.53. The minimum absolute atomic E-state index is 0.000662. The van der Waals surface area contributed by atoms with Crippen molar-refractivity contribution in [3.63, 3.8) is 0 Å². The molecule has 6 nitrogen and oxygen atoms in total. The second kappa shape index (κ2) is 8.68. The Labute approximate surface area is 188 Å². The number of nitrogens with zero attached hydrogens (tertiary/aromatic N) is 2. The smallest absolute Gasteiger partial charge is 0.258 e. The third-order valence-corrected chi connectivity index (χ3v) is 7.31. The van der Waals surface area contributed by atoms with Gasteiger partial charge in [0.2, 0.25) is 5.91 Å². The van der Waals surface area contributed by atoms with Gasteiger partial charge in [0.1, 0.15) is 0 Å². The Morgan fingerprint density at radius 1 is 1.19 bits per heavy atom. The maximum atomic E-state index is 13.4. The zero-order chi connectivity index (χ0) is 22.2. The van der Waals surface area contributed by atoms with Crippen LogP contribution in [0.5, 0.6) is 0 Å². The van der Waals surface area contributed by atoms with Gasteiger partial charge in [0.15, 0.2) is 0 Å². The molecule has 3 aliphatic rings. The van der Waals surface area contributed by atoms with E-state index in [0.29, 0.717) is 31.1 Å². The summed E-state index contributed by atoms with van der Waals surface area (Å²) >= 11 is 0. The first-order valence-corrected chi connectivity index (χ1v) is 11.7. The Morgan fingerprint density at radius 3 is 2.66 bits per heavy atom. The maximum Gasteiger partial charge on any atom is 0.258 e. The molecule has 1 saturated heterocycles. The van der Waals surface area contributed by atoms with Crippen LogP contribution < -0.4 is 10.9 Å². The van der Waals surface area contributed by atoms with Gasteiger partial charge in [-0.15, -0.1) is 0 Å². The molecule has 5 rings (SSSR count). The molecule has 0 spiro atoms. The molecule has 1 amide bonds. The topological polar surface area (TPSA) is 74.6 Å². The quantitative estimate of drug-likeness (QED) is 0.704. The van der Waals surface area contributed by atoms with E-state index in [9.17, 15) is 14.7 Å². The lowest BCUT2D eigenvalue weighted by Crippen LogP contribution is -2.48. The van der Waals surface area contributed by atoms with Gasteiger partial charge in [-0.2, -0.15) is 0 Å². The lowest BCUT2D eigenvalue weighted by Gasteiger charge is -2.31. The number of carbonyl (C=O) groups excluding carboxylic acids is 1. The predicted octanol–water partition coefficient (Wildman–Crippen LogP) is 2.57. The van der Waals surface area contributed by atoms with Crippen LogP contribution in [-0.4, -0.2) is 39.7 Å². The van der Waals surface area contributed by atoms with Crippen LogP contribution in [0, 0.1) is 17.8 Å². The Morgan fingerprint density at radius 2 is 1.97 bits per heavy atom. The van der Waals surface area contributed by atoms with Crippen LogP contribution in [0.25, 0.3) is 6.08 Å². The summed E-state index contributed by atoms with van der Waals surface area (Å²) in [6.07, 6.45) is 6.07. The molecule has 0 radical (unpaired) electrons. The highest BCUT2D eigenvalue weighted by atomic mass is 16.3. The number of aliphatic hydroxyl groups excluding tert-OH is 1. The molecule has 1 aromatic carbocycles. The van der Waals surface area contributed by atoms with E-state index in [1.165, 1.54) is 12.8 Å². The summed E-state index contributed by atoms with van der Waals surface area (Å²) in [4.78, 5) is 28.7.